The Hall–Kier alpha value is -2.09. The van der Waals surface area contributed by atoms with Crippen molar-refractivity contribution in [2.45, 2.75) is 20.4 Å². The lowest BCUT2D eigenvalue weighted by Crippen LogP contribution is -2.29. The molecule has 0 aliphatic carbocycles. The summed E-state index contributed by atoms with van der Waals surface area (Å²) in [7, 11) is 0. The topological polar surface area (TPSA) is 83.1 Å². The first-order valence-electron chi connectivity index (χ1n) is 4.30. The smallest absolute Gasteiger partial charge is 0.341 e. The van der Waals surface area contributed by atoms with Crippen LogP contribution in [0.5, 0.6) is 0 Å². The third-order valence-corrected chi connectivity index (χ3v) is 2.15. The highest BCUT2D eigenvalue weighted by atomic mass is 16.4. The van der Waals surface area contributed by atoms with Gasteiger partial charge in [-0.25, -0.2) is 4.79 Å². The molecular formula is C10H10N2O3. The van der Waals surface area contributed by atoms with Crippen LogP contribution in [0.25, 0.3) is 0 Å². The number of carbonyl (C=O) groups is 1. The summed E-state index contributed by atoms with van der Waals surface area (Å²) in [6, 6.07) is 3.41. The van der Waals surface area contributed by atoms with Gasteiger partial charge in [-0.15, -0.1) is 0 Å². The van der Waals surface area contributed by atoms with E-state index in [1.165, 1.54) is 0 Å². The van der Waals surface area contributed by atoms with Gasteiger partial charge in [0.15, 0.2) is 0 Å². The van der Waals surface area contributed by atoms with Gasteiger partial charge in [0.1, 0.15) is 12.1 Å². The quantitative estimate of drug-likeness (QED) is 0.771. The minimum atomic E-state index is -1.26. The SMILES string of the molecule is Cc1cc(C)n(CC#N)c(=O)c1C(=O)O. The molecule has 0 aromatic carbocycles. The molecule has 0 saturated carbocycles. The van der Waals surface area contributed by atoms with Gasteiger partial charge in [0.25, 0.3) is 5.56 Å². The molecule has 1 heterocycles. The van der Waals surface area contributed by atoms with Gasteiger partial charge in [-0.3, -0.25) is 9.36 Å². The van der Waals surface area contributed by atoms with Crippen LogP contribution >= 0.6 is 0 Å². The number of nitrogens with zero attached hydrogens (tertiary/aromatic N) is 2. The molecule has 1 aromatic heterocycles. The second kappa shape index (κ2) is 3.96. The fourth-order valence-corrected chi connectivity index (χ4v) is 1.45. The summed E-state index contributed by atoms with van der Waals surface area (Å²) in [6.45, 7) is 3.09. The maximum Gasteiger partial charge on any atom is 0.341 e. The molecule has 1 rings (SSSR count). The third-order valence-electron chi connectivity index (χ3n) is 2.15. The number of hydrogen-bond acceptors (Lipinski definition) is 3. The summed E-state index contributed by atoms with van der Waals surface area (Å²) in [5, 5.41) is 17.3. The zero-order valence-electron chi connectivity index (χ0n) is 8.44. The minimum absolute atomic E-state index is 0.134. The first-order chi connectivity index (χ1) is 6.99. The van der Waals surface area contributed by atoms with Crippen LogP contribution in [-0.4, -0.2) is 15.6 Å². The van der Waals surface area contributed by atoms with E-state index in [1.54, 1.807) is 19.9 Å². The molecule has 0 atom stereocenters. The molecule has 0 spiro atoms. The van der Waals surface area contributed by atoms with Gasteiger partial charge in [0.2, 0.25) is 0 Å². The summed E-state index contributed by atoms with van der Waals surface area (Å²) < 4.78 is 1.15. The molecule has 0 fully saturated rings. The molecule has 0 radical (unpaired) electrons. The number of nitriles is 1. The van der Waals surface area contributed by atoms with Crippen LogP contribution in [-0.2, 0) is 6.54 Å². The number of pyridine rings is 1. The summed E-state index contributed by atoms with van der Waals surface area (Å²) >= 11 is 0. The molecular weight excluding hydrogens is 196 g/mol. The largest absolute Gasteiger partial charge is 0.477 e. The minimum Gasteiger partial charge on any atom is -0.477 e. The molecule has 0 unspecified atom stereocenters. The molecule has 1 aromatic rings. The number of carboxylic acid groups (broad SMARTS) is 1. The Balaban J connectivity index is 3.58. The van der Waals surface area contributed by atoms with Gasteiger partial charge in [-0.05, 0) is 25.5 Å². The number of hydrogen-bond donors (Lipinski definition) is 1. The number of carboxylic acids is 1. The zero-order chi connectivity index (χ0) is 11.6. The average molecular weight is 206 g/mol. The van der Waals surface area contributed by atoms with Crippen molar-refractivity contribution in [1.29, 1.82) is 5.26 Å². The Labute approximate surface area is 86.2 Å². The normalized spacial score (nSPS) is 9.67. The van der Waals surface area contributed by atoms with Crippen LogP contribution in [0.1, 0.15) is 21.6 Å². The number of rotatable bonds is 2. The van der Waals surface area contributed by atoms with Gasteiger partial charge >= 0.3 is 5.97 Å². The maximum atomic E-state index is 11.7. The number of aromatic nitrogens is 1. The van der Waals surface area contributed by atoms with Crippen LogP contribution < -0.4 is 5.56 Å². The molecule has 0 amide bonds. The maximum absolute atomic E-state index is 11.7. The molecule has 0 aliphatic heterocycles. The van der Waals surface area contributed by atoms with Crippen LogP contribution in [0.2, 0.25) is 0 Å². The zero-order valence-corrected chi connectivity index (χ0v) is 8.44. The van der Waals surface area contributed by atoms with Crippen molar-refractivity contribution in [3.63, 3.8) is 0 Å². The Morgan fingerprint density at radius 3 is 2.67 bits per heavy atom. The number of aryl methyl sites for hydroxylation is 2. The van der Waals surface area contributed by atoms with E-state index in [0.717, 1.165) is 4.57 Å². The van der Waals surface area contributed by atoms with Crippen molar-refractivity contribution < 1.29 is 9.90 Å². The highest BCUT2D eigenvalue weighted by Crippen LogP contribution is 2.05. The highest BCUT2D eigenvalue weighted by Gasteiger charge is 2.15. The predicted octanol–water partition coefficient (Wildman–Crippen LogP) is 0.687. The molecule has 1 N–H and O–H groups in total. The standard InChI is InChI=1S/C10H10N2O3/c1-6-5-7(2)12(4-3-11)9(13)8(6)10(14)15/h5H,4H2,1-2H3,(H,14,15). The van der Waals surface area contributed by atoms with Crippen LogP contribution in [0.15, 0.2) is 10.9 Å². The van der Waals surface area contributed by atoms with E-state index in [9.17, 15) is 9.59 Å². The second-order valence-electron chi connectivity index (χ2n) is 3.20. The van der Waals surface area contributed by atoms with E-state index in [4.69, 9.17) is 10.4 Å². The van der Waals surface area contributed by atoms with E-state index in [1.807, 2.05) is 6.07 Å². The fourth-order valence-electron chi connectivity index (χ4n) is 1.45. The molecule has 0 saturated heterocycles. The monoisotopic (exact) mass is 206 g/mol. The lowest BCUT2D eigenvalue weighted by Gasteiger charge is -2.08. The lowest BCUT2D eigenvalue weighted by atomic mass is 10.1. The van der Waals surface area contributed by atoms with E-state index in [0.29, 0.717) is 11.3 Å². The van der Waals surface area contributed by atoms with Crippen molar-refractivity contribution in [1.82, 2.24) is 4.57 Å². The Bertz CT molecular complexity index is 509. The Kier molecular flexibility index (Phi) is 2.90. The van der Waals surface area contributed by atoms with E-state index >= 15 is 0 Å². The Morgan fingerprint density at radius 1 is 1.60 bits per heavy atom. The predicted molar refractivity (Wildman–Crippen MR) is 52.7 cm³/mol. The Morgan fingerprint density at radius 2 is 2.20 bits per heavy atom. The molecule has 78 valence electrons. The van der Waals surface area contributed by atoms with Crippen LogP contribution in [0.4, 0.5) is 0 Å². The summed E-state index contributed by atoms with van der Waals surface area (Å²) in [4.78, 5) is 22.5. The number of aromatic carboxylic acids is 1. The van der Waals surface area contributed by atoms with Gasteiger partial charge < -0.3 is 5.11 Å². The van der Waals surface area contributed by atoms with E-state index in [-0.39, 0.29) is 12.1 Å². The van der Waals surface area contributed by atoms with E-state index < -0.39 is 11.5 Å². The van der Waals surface area contributed by atoms with Gasteiger partial charge in [0, 0.05) is 5.69 Å². The van der Waals surface area contributed by atoms with E-state index in [2.05, 4.69) is 0 Å². The molecule has 5 heteroatoms. The first kappa shape index (κ1) is 11.0. The average Bonchev–Trinajstić information content (AvgIpc) is 2.11. The van der Waals surface area contributed by atoms with Crippen molar-refractivity contribution in [3.8, 4) is 6.07 Å². The van der Waals surface area contributed by atoms with Crippen LogP contribution in [0.3, 0.4) is 0 Å². The lowest BCUT2D eigenvalue weighted by molar-refractivity contribution is 0.0693. The van der Waals surface area contributed by atoms with Crippen molar-refractivity contribution in [2.75, 3.05) is 0 Å². The second-order valence-corrected chi connectivity index (χ2v) is 3.20. The fraction of sp³-hybridized carbons (Fsp3) is 0.300. The molecule has 5 nitrogen and oxygen atoms in total. The summed E-state index contributed by atoms with van der Waals surface area (Å²) in [5.74, 6) is -1.26. The van der Waals surface area contributed by atoms with Gasteiger partial charge in [0.05, 0.1) is 6.07 Å². The van der Waals surface area contributed by atoms with Crippen molar-refractivity contribution in [2.24, 2.45) is 0 Å². The van der Waals surface area contributed by atoms with Crippen molar-refractivity contribution in [3.05, 3.63) is 33.2 Å². The highest BCUT2D eigenvalue weighted by molar-refractivity contribution is 5.88. The summed E-state index contributed by atoms with van der Waals surface area (Å²) in [5.41, 5.74) is 0.112. The third kappa shape index (κ3) is 1.89. The van der Waals surface area contributed by atoms with Crippen molar-refractivity contribution >= 4 is 5.97 Å². The molecule has 15 heavy (non-hydrogen) atoms. The van der Waals surface area contributed by atoms with Gasteiger partial charge in [-0.1, -0.05) is 0 Å². The van der Waals surface area contributed by atoms with Gasteiger partial charge in [-0.2, -0.15) is 5.26 Å². The molecule has 0 aliphatic rings. The summed E-state index contributed by atoms with van der Waals surface area (Å²) in [6.07, 6.45) is 0. The first-order valence-corrected chi connectivity index (χ1v) is 4.30. The molecule has 0 bridgehead atoms. The van der Waals surface area contributed by atoms with Crippen LogP contribution in [0, 0.1) is 25.2 Å².